The molecule has 2 rings (SSSR count). The highest BCUT2D eigenvalue weighted by Gasteiger charge is 2.32. The minimum absolute atomic E-state index is 0.402. The molecule has 0 aliphatic carbocycles. The molecule has 2 aromatic rings. The largest absolute Gasteiger partial charge is 0.467 e. The Balaban J connectivity index is 2.48. The highest BCUT2D eigenvalue weighted by atomic mass is 16.6. The Bertz CT molecular complexity index is 830. The lowest BCUT2D eigenvalue weighted by Crippen LogP contribution is -2.47. The average Bonchev–Trinajstić information content (AvgIpc) is 2.62. The Kier molecular flexibility index (Phi) is 6.61. The predicted octanol–water partition coefficient (Wildman–Crippen LogP) is 4.57. The molecule has 27 heavy (non-hydrogen) atoms. The third-order valence-corrected chi connectivity index (χ3v) is 4.07. The maximum atomic E-state index is 12.5. The monoisotopic (exact) mass is 369 g/mol. The third-order valence-electron chi connectivity index (χ3n) is 4.07. The number of carbonyl (C=O) groups is 2. The van der Waals surface area contributed by atoms with Crippen molar-refractivity contribution in [2.75, 3.05) is 7.11 Å². The van der Waals surface area contributed by atoms with Crippen LogP contribution in [0.1, 0.15) is 39.2 Å². The van der Waals surface area contributed by atoms with Gasteiger partial charge in [0.25, 0.3) is 0 Å². The number of hydrogen-bond donors (Lipinski definition) is 1. The first-order valence-electron chi connectivity index (χ1n) is 8.94. The van der Waals surface area contributed by atoms with Gasteiger partial charge in [0, 0.05) is 5.92 Å². The summed E-state index contributed by atoms with van der Waals surface area (Å²) >= 11 is 0. The number of hydrogen-bond acceptors (Lipinski definition) is 4. The van der Waals surface area contributed by atoms with E-state index in [0.29, 0.717) is 0 Å². The van der Waals surface area contributed by atoms with Crippen molar-refractivity contribution in [1.29, 1.82) is 0 Å². The Labute approximate surface area is 160 Å². The number of nitrogens with one attached hydrogen (secondary N) is 1. The van der Waals surface area contributed by atoms with Crippen LogP contribution in [0.2, 0.25) is 0 Å². The fourth-order valence-electron chi connectivity index (χ4n) is 3.00. The summed E-state index contributed by atoms with van der Waals surface area (Å²) in [7, 11) is 1.31. The van der Waals surface area contributed by atoms with Crippen molar-refractivity contribution in [2.24, 2.45) is 0 Å². The van der Waals surface area contributed by atoms with Crippen LogP contribution in [0.4, 0.5) is 4.79 Å². The van der Waals surface area contributed by atoms with E-state index in [-0.39, 0.29) is 0 Å². The third kappa shape index (κ3) is 5.33. The number of fused-ring (bicyclic) bond motifs is 1. The molecule has 0 saturated carbocycles. The smallest absolute Gasteiger partial charge is 0.408 e. The van der Waals surface area contributed by atoms with Crippen molar-refractivity contribution in [1.82, 2.24) is 5.32 Å². The first-order chi connectivity index (χ1) is 12.8. The fraction of sp³-hybridized carbons (Fsp3) is 0.364. The molecule has 0 aromatic heterocycles. The summed E-state index contributed by atoms with van der Waals surface area (Å²) in [6, 6.07) is 12.9. The zero-order valence-corrected chi connectivity index (χ0v) is 16.5. The van der Waals surface area contributed by atoms with Crippen LogP contribution in [-0.4, -0.2) is 30.8 Å². The molecule has 0 fully saturated rings. The van der Waals surface area contributed by atoms with Gasteiger partial charge < -0.3 is 14.8 Å². The van der Waals surface area contributed by atoms with Crippen LogP contribution < -0.4 is 5.32 Å². The van der Waals surface area contributed by atoms with E-state index in [4.69, 9.17) is 9.47 Å². The molecule has 0 radical (unpaired) electrons. The summed E-state index contributed by atoms with van der Waals surface area (Å²) in [5.41, 5.74) is 0.262. The standard InChI is InChI=1S/C22H27NO4/c1-6-10-18(17-14-9-12-15-11-7-8-13-16(15)17)19(20(24)26-5)23-21(25)27-22(2,3)4/h6-14,18-19H,1-5H3,(H,23,25)/b10-6+/t18-,19-/m0/s1. The number of benzene rings is 2. The first-order valence-corrected chi connectivity index (χ1v) is 8.94. The molecule has 2 atom stereocenters. The van der Waals surface area contributed by atoms with Gasteiger partial charge in [-0.05, 0) is 44.0 Å². The van der Waals surface area contributed by atoms with Gasteiger partial charge in [-0.3, -0.25) is 0 Å². The SMILES string of the molecule is C/C=C/[C@@H](c1cccc2ccccc12)[C@H](NC(=O)OC(C)(C)C)C(=O)OC. The van der Waals surface area contributed by atoms with E-state index < -0.39 is 29.6 Å². The molecule has 0 aliphatic heterocycles. The summed E-state index contributed by atoms with van der Waals surface area (Å²) in [6.45, 7) is 7.19. The van der Waals surface area contributed by atoms with E-state index in [1.807, 2.05) is 61.5 Å². The number of methoxy groups -OCH3 is 1. The molecule has 0 spiro atoms. The molecule has 0 unspecified atom stereocenters. The number of amides is 1. The molecular weight excluding hydrogens is 342 g/mol. The Hall–Kier alpha value is -2.82. The second-order valence-corrected chi connectivity index (χ2v) is 7.27. The Morgan fingerprint density at radius 3 is 2.37 bits per heavy atom. The van der Waals surface area contributed by atoms with Crippen molar-refractivity contribution in [3.05, 3.63) is 60.2 Å². The van der Waals surface area contributed by atoms with Gasteiger partial charge in [0.05, 0.1) is 7.11 Å². The molecule has 5 heteroatoms. The number of allylic oxidation sites excluding steroid dienone is 1. The molecular formula is C22H27NO4. The van der Waals surface area contributed by atoms with Crippen LogP contribution in [0, 0.1) is 0 Å². The van der Waals surface area contributed by atoms with Gasteiger partial charge in [0.15, 0.2) is 0 Å². The predicted molar refractivity (Wildman–Crippen MR) is 107 cm³/mol. The van der Waals surface area contributed by atoms with Crippen LogP contribution >= 0.6 is 0 Å². The van der Waals surface area contributed by atoms with E-state index in [2.05, 4.69) is 5.32 Å². The minimum atomic E-state index is -0.910. The number of rotatable bonds is 5. The maximum absolute atomic E-state index is 12.5. The lowest BCUT2D eigenvalue weighted by molar-refractivity contribution is -0.143. The summed E-state index contributed by atoms with van der Waals surface area (Å²) in [5.74, 6) is -0.932. The van der Waals surface area contributed by atoms with Gasteiger partial charge in [0.2, 0.25) is 0 Å². The number of carbonyl (C=O) groups excluding carboxylic acids is 2. The van der Waals surface area contributed by atoms with Gasteiger partial charge in [-0.25, -0.2) is 9.59 Å². The average molecular weight is 369 g/mol. The van der Waals surface area contributed by atoms with Crippen LogP contribution in [0.5, 0.6) is 0 Å². The lowest BCUT2D eigenvalue weighted by Gasteiger charge is -2.27. The molecule has 1 amide bonds. The van der Waals surface area contributed by atoms with Gasteiger partial charge in [-0.2, -0.15) is 0 Å². The van der Waals surface area contributed by atoms with E-state index in [1.54, 1.807) is 20.8 Å². The quantitative estimate of drug-likeness (QED) is 0.619. The molecule has 1 N–H and O–H groups in total. The zero-order valence-electron chi connectivity index (χ0n) is 16.5. The first kappa shape index (κ1) is 20.5. The highest BCUT2D eigenvalue weighted by Crippen LogP contribution is 2.30. The van der Waals surface area contributed by atoms with Crippen LogP contribution in [-0.2, 0) is 14.3 Å². The molecule has 144 valence electrons. The summed E-state index contributed by atoms with van der Waals surface area (Å²) in [4.78, 5) is 24.8. The second-order valence-electron chi connectivity index (χ2n) is 7.27. The van der Waals surface area contributed by atoms with Crippen molar-refractivity contribution in [3.63, 3.8) is 0 Å². The van der Waals surface area contributed by atoms with Crippen LogP contribution in [0.3, 0.4) is 0 Å². The molecule has 0 saturated heterocycles. The van der Waals surface area contributed by atoms with E-state index in [9.17, 15) is 9.59 Å². The molecule has 2 aromatic carbocycles. The molecule has 0 bridgehead atoms. The topological polar surface area (TPSA) is 64.6 Å². The number of esters is 1. The van der Waals surface area contributed by atoms with Crippen molar-refractivity contribution in [3.8, 4) is 0 Å². The second kappa shape index (κ2) is 8.71. The van der Waals surface area contributed by atoms with Crippen LogP contribution in [0.15, 0.2) is 54.6 Å². The van der Waals surface area contributed by atoms with E-state index >= 15 is 0 Å². The van der Waals surface area contributed by atoms with Gasteiger partial charge in [0.1, 0.15) is 11.6 Å². The zero-order chi connectivity index (χ0) is 20.0. The van der Waals surface area contributed by atoms with Crippen molar-refractivity contribution >= 4 is 22.8 Å². The fourth-order valence-corrected chi connectivity index (χ4v) is 3.00. The Morgan fingerprint density at radius 1 is 1.07 bits per heavy atom. The highest BCUT2D eigenvalue weighted by molar-refractivity contribution is 5.89. The molecule has 0 heterocycles. The summed E-state index contributed by atoms with van der Waals surface area (Å²) in [6.07, 6.45) is 3.09. The molecule has 5 nitrogen and oxygen atoms in total. The summed E-state index contributed by atoms with van der Waals surface area (Å²) in [5, 5.41) is 4.76. The van der Waals surface area contributed by atoms with Gasteiger partial charge in [-0.1, -0.05) is 54.6 Å². The summed E-state index contributed by atoms with van der Waals surface area (Å²) < 4.78 is 10.3. The van der Waals surface area contributed by atoms with Crippen LogP contribution in [0.25, 0.3) is 10.8 Å². The van der Waals surface area contributed by atoms with Gasteiger partial charge in [-0.15, -0.1) is 0 Å². The lowest BCUT2D eigenvalue weighted by atomic mass is 9.87. The van der Waals surface area contributed by atoms with Crippen molar-refractivity contribution in [2.45, 2.75) is 45.3 Å². The van der Waals surface area contributed by atoms with Crippen molar-refractivity contribution < 1.29 is 19.1 Å². The normalized spacial score (nSPS) is 14.0. The van der Waals surface area contributed by atoms with E-state index in [0.717, 1.165) is 16.3 Å². The maximum Gasteiger partial charge on any atom is 0.408 e. The van der Waals surface area contributed by atoms with E-state index in [1.165, 1.54) is 7.11 Å². The molecule has 0 aliphatic rings. The minimum Gasteiger partial charge on any atom is -0.467 e. The number of ether oxygens (including phenoxy) is 2. The van der Waals surface area contributed by atoms with Gasteiger partial charge >= 0.3 is 12.1 Å². The number of alkyl carbamates (subject to hydrolysis) is 1. The Morgan fingerprint density at radius 2 is 1.74 bits per heavy atom.